The first-order valence-electron chi connectivity index (χ1n) is 8.20. The monoisotopic (exact) mass is 288 g/mol. The predicted octanol–water partition coefficient (Wildman–Crippen LogP) is 2.95. The molecule has 1 saturated heterocycles. The maximum Gasteiger partial charge on any atom is 0.176 e. The number of Topliss-reactive ketones (excluding diaryl/α,β-unsaturated/α-hetero) is 1. The van der Waals surface area contributed by atoms with E-state index < -0.39 is 0 Å². The molecule has 3 heteroatoms. The molecule has 0 saturated carbocycles. The Morgan fingerprint density at radius 3 is 2.62 bits per heavy atom. The Morgan fingerprint density at radius 2 is 1.90 bits per heavy atom. The molecule has 0 bridgehead atoms. The summed E-state index contributed by atoms with van der Waals surface area (Å²) in [5, 5.41) is 3.28. The average molecular weight is 288 g/mol. The summed E-state index contributed by atoms with van der Waals surface area (Å²) in [6.07, 6.45) is 5.10. The van der Waals surface area contributed by atoms with Gasteiger partial charge in [-0.15, -0.1) is 0 Å². The van der Waals surface area contributed by atoms with Gasteiger partial charge in [0.15, 0.2) is 5.78 Å². The SMILES string of the molecule is Cc1ccc(C(=O)CNCCCCN2CCCC2)cc1C. The smallest absolute Gasteiger partial charge is 0.176 e. The van der Waals surface area contributed by atoms with Gasteiger partial charge in [-0.05, 0) is 82.9 Å². The molecule has 0 aliphatic carbocycles. The van der Waals surface area contributed by atoms with Crippen molar-refractivity contribution in [1.29, 1.82) is 0 Å². The van der Waals surface area contributed by atoms with Crippen molar-refractivity contribution < 1.29 is 4.79 Å². The van der Waals surface area contributed by atoms with Crippen molar-refractivity contribution in [3.8, 4) is 0 Å². The molecule has 0 radical (unpaired) electrons. The molecule has 116 valence electrons. The van der Waals surface area contributed by atoms with Gasteiger partial charge in [0.1, 0.15) is 0 Å². The predicted molar refractivity (Wildman–Crippen MR) is 88.0 cm³/mol. The summed E-state index contributed by atoms with van der Waals surface area (Å²) in [4.78, 5) is 14.6. The van der Waals surface area contributed by atoms with Crippen molar-refractivity contribution in [2.45, 2.75) is 39.5 Å². The molecule has 0 spiro atoms. The zero-order valence-corrected chi connectivity index (χ0v) is 13.5. The molecule has 1 heterocycles. The van der Waals surface area contributed by atoms with Gasteiger partial charge >= 0.3 is 0 Å². The topological polar surface area (TPSA) is 32.3 Å². The van der Waals surface area contributed by atoms with Crippen molar-refractivity contribution in [3.63, 3.8) is 0 Å². The fraction of sp³-hybridized carbons (Fsp3) is 0.611. The fourth-order valence-corrected chi connectivity index (χ4v) is 2.81. The Morgan fingerprint density at radius 1 is 1.14 bits per heavy atom. The Bertz CT molecular complexity index is 464. The summed E-state index contributed by atoms with van der Waals surface area (Å²) >= 11 is 0. The fourth-order valence-electron chi connectivity index (χ4n) is 2.81. The second-order valence-electron chi connectivity index (χ2n) is 6.15. The molecule has 0 unspecified atom stereocenters. The maximum atomic E-state index is 12.1. The molecule has 1 aromatic rings. The molecular weight excluding hydrogens is 260 g/mol. The molecular formula is C18H28N2O. The van der Waals surface area contributed by atoms with Crippen LogP contribution in [0.2, 0.25) is 0 Å². The van der Waals surface area contributed by atoms with Crippen molar-refractivity contribution in [2.24, 2.45) is 0 Å². The van der Waals surface area contributed by atoms with E-state index in [9.17, 15) is 4.79 Å². The minimum absolute atomic E-state index is 0.192. The van der Waals surface area contributed by atoms with Gasteiger partial charge in [0.05, 0.1) is 6.54 Å². The number of carbonyl (C=O) groups excluding carboxylic acids is 1. The summed E-state index contributed by atoms with van der Waals surface area (Å²) in [5.41, 5.74) is 3.25. The lowest BCUT2D eigenvalue weighted by Crippen LogP contribution is -2.25. The van der Waals surface area contributed by atoms with Crippen molar-refractivity contribution in [2.75, 3.05) is 32.7 Å². The Labute approximate surface area is 128 Å². The van der Waals surface area contributed by atoms with Gasteiger partial charge in [-0.3, -0.25) is 4.79 Å². The Balaban J connectivity index is 1.59. The average Bonchev–Trinajstić information content (AvgIpc) is 2.98. The molecule has 1 fully saturated rings. The van der Waals surface area contributed by atoms with E-state index in [0.717, 1.165) is 18.5 Å². The second kappa shape index (κ2) is 8.30. The van der Waals surface area contributed by atoms with Gasteiger partial charge < -0.3 is 10.2 Å². The van der Waals surface area contributed by atoms with E-state index in [4.69, 9.17) is 0 Å². The molecule has 1 aromatic carbocycles. The van der Waals surface area contributed by atoms with Crippen LogP contribution in [0.3, 0.4) is 0 Å². The molecule has 21 heavy (non-hydrogen) atoms. The van der Waals surface area contributed by atoms with Crippen LogP contribution in [-0.2, 0) is 0 Å². The van der Waals surface area contributed by atoms with Crippen LogP contribution >= 0.6 is 0 Å². The van der Waals surface area contributed by atoms with Gasteiger partial charge in [-0.2, -0.15) is 0 Å². The van der Waals surface area contributed by atoms with E-state index in [1.54, 1.807) is 0 Å². The maximum absolute atomic E-state index is 12.1. The van der Waals surface area contributed by atoms with Crippen LogP contribution in [0.15, 0.2) is 18.2 Å². The molecule has 3 nitrogen and oxygen atoms in total. The van der Waals surface area contributed by atoms with E-state index in [-0.39, 0.29) is 5.78 Å². The Hall–Kier alpha value is -1.19. The van der Waals surface area contributed by atoms with Crippen LogP contribution in [0.5, 0.6) is 0 Å². The lowest BCUT2D eigenvalue weighted by atomic mass is 10.0. The number of ketones is 1. The van der Waals surface area contributed by atoms with Gasteiger partial charge in [-0.1, -0.05) is 12.1 Å². The molecule has 0 amide bonds. The standard InChI is InChI=1S/C18H28N2O/c1-15-7-8-17(13-16(15)2)18(21)14-19-9-3-4-10-20-11-5-6-12-20/h7-8,13,19H,3-6,9-12,14H2,1-2H3. The van der Waals surface area contributed by atoms with Crippen LogP contribution in [-0.4, -0.2) is 43.4 Å². The highest BCUT2D eigenvalue weighted by Gasteiger charge is 2.10. The molecule has 0 aromatic heterocycles. The Kier molecular flexibility index (Phi) is 6.40. The van der Waals surface area contributed by atoms with Crippen LogP contribution in [0.4, 0.5) is 0 Å². The van der Waals surface area contributed by atoms with E-state index in [1.807, 2.05) is 18.2 Å². The van der Waals surface area contributed by atoms with Crippen LogP contribution < -0.4 is 5.32 Å². The highest BCUT2D eigenvalue weighted by Crippen LogP contribution is 2.10. The largest absolute Gasteiger partial charge is 0.310 e. The van der Waals surface area contributed by atoms with Gasteiger partial charge in [0.25, 0.3) is 0 Å². The first-order valence-corrected chi connectivity index (χ1v) is 8.20. The van der Waals surface area contributed by atoms with Gasteiger partial charge in [-0.25, -0.2) is 0 Å². The highest BCUT2D eigenvalue weighted by atomic mass is 16.1. The minimum atomic E-state index is 0.192. The zero-order valence-electron chi connectivity index (χ0n) is 13.5. The van der Waals surface area contributed by atoms with Crippen LogP contribution in [0.1, 0.15) is 47.2 Å². The number of nitrogens with zero attached hydrogens (tertiary/aromatic N) is 1. The highest BCUT2D eigenvalue weighted by molar-refractivity contribution is 5.97. The van der Waals surface area contributed by atoms with E-state index in [2.05, 4.69) is 24.1 Å². The van der Waals surface area contributed by atoms with E-state index in [0.29, 0.717) is 6.54 Å². The van der Waals surface area contributed by atoms with E-state index in [1.165, 1.54) is 50.0 Å². The zero-order chi connectivity index (χ0) is 15.1. The lowest BCUT2D eigenvalue weighted by Gasteiger charge is -2.13. The molecule has 1 N–H and O–H groups in total. The number of hydrogen-bond donors (Lipinski definition) is 1. The van der Waals surface area contributed by atoms with E-state index >= 15 is 0 Å². The van der Waals surface area contributed by atoms with Gasteiger partial charge in [0.2, 0.25) is 0 Å². The van der Waals surface area contributed by atoms with Crippen LogP contribution in [0, 0.1) is 13.8 Å². The minimum Gasteiger partial charge on any atom is -0.310 e. The van der Waals surface area contributed by atoms with Crippen molar-refractivity contribution in [3.05, 3.63) is 34.9 Å². The van der Waals surface area contributed by atoms with Crippen molar-refractivity contribution >= 4 is 5.78 Å². The summed E-state index contributed by atoms with van der Waals surface area (Å²) in [5.74, 6) is 0.192. The third-order valence-corrected chi connectivity index (χ3v) is 4.39. The first kappa shape index (κ1) is 16.2. The third kappa shape index (κ3) is 5.25. The quantitative estimate of drug-likeness (QED) is 0.589. The number of benzene rings is 1. The second-order valence-corrected chi connectivity index (χ2v) is 6.15. The molecule has 2 rings (SSSR count). The number of carbonyl (C=O) groups is 1. The third-order valence-electron chi connectivity index (χ3n) is 4.39. The number of rotatable bonds is 8. The summed E-state index contributed by atoms with van der Waals surface area (Å²) in [7, 11) is 0. The number of aryl methyl sites for hydroxylation is 2. The summed E-state index contributed by atoms with van der Waals surface area (Å²) in [6, 6.07) is 5.95. The molecule has 1 aliphatic rings. The summed E-state index contributed by atoms with van der Waals surface area (Å²) in [6.45, 7) is 9.28. The van der Waals surface area contributed by atoms with Gasteiger partial charge in [0, 0.05) is 5.56 Å². The number of nitrogens with one attached hydrogen (secondary N) is 1. The number of likely N-dealkylation sites (tertiary alicyclic amines) is 1. The lowest BCUT2D eigenvalue weighted by molar-refractivity contribution is 0.0991. The first-order chi connectivity index (χ1) is 10.2. The summed E-state index contributed by atoms with van der Waals surface area (Å²) < 4.78 is 0. The normalized spacial score (nSPS) is 15.5. The number of hydrogen-bond acceptors (Lipinski definition) is 3. The molecule has 0 atom stereocenters. The number of unbranched alkanes of at least 4 members (excludes halogenated alkanes) is 1. The van der Waals surface area contributed by atoms with Crippen molar-refractivity contribution in [1.82, 2.24) is 10.2 Å². The molecule has 1 aliphatic heterocycles. The van der Waals surface area contributed by atoms with Crippen LogP contribution in [0.25, 0.3) is 0 Å².